The lowest BCUT2D eigenvalue weighted by molar-refractivity contribution is -0.137. The molecule has 0 atom stereocenters. The van der Waals surface area contributed by atoms with Crippen molar-refractivity contribution in [3.8, 4) is 0 Å². The summed E-state index contributed by atoms with van der Waals surface area (Å²) in [5.41, 5.74) is 0. The van der Waals surface area contributed by atoms with Crippen molar-refractivity contribution in [2.24, 2.45) is 0 Å². The molecule has 0 aliphatic carbocycles. The minimum absolute atomic E-state index is 0.344. The first-order valence-corrected chi connectivity index (χ1v) is 18.2. The molecule has 3 heteroatoms. The van der Waals surface area contributed by atoms with E-state index in [4.69, 9.17) is 5.11 Å². The number of hydrogen-bond acceptors (Lipinski definition) is 2. The summed E-state index contributed by atoms with van der Waals surface area (Å²) in [7, 11) is 0. The number of aliphatic carboxylic acids is 1. The lowest BCUT2D eigenvalue weighted by atomic mass is 10.0. The Kier molecular flexibility index (Phi) is 34.9. The smallest absolute Gasteiger partial charge is 0.303 e. The van der Waals surface area contributed by atoms with Crippen LogP contribution in [0.5, 0.6) is 0 Å². The van der Waals surface area contributed by atoms with Gasteiger partial charge in [0.1, 0.15) is 0 Å². The van der Waals surface area contributed by atoms with Crippen LogP contribution in [0.25, 0.3) is 0 Å². The van der Waals surface area contributed by atoms with Gasteiger partial charge in [0.2, 0.25) is 0 Å². The van der Waals surface area contributed by atoms with Gasteiger partial charge in [-0.1, -0.05) is 187 Å². The van der Waals surface area contributed by atoms with E-state index >= 15 is 0 Å². The Morgan fingerprint density at radius 2 is 0.615 bits per heavy atom. The van der Waals surface area contributed by atoms with Gasteiger partial charge in [-0.25, -0.2) is 0 Å². The number of carbonyl (C=O) groups is 1. The molecule has 0 aromatic carbocycles. The summed E-state index contributed by atoms with van der Waals surface area (Å²) >= 11 is 0. The van der Waals surface area contributed by atoms with E-state index in [2.05, 4.69) is 12.2 Å². The molecule has 0 amide bonds. The van der Waals surface area contributed by atoms with Crippen LogP contribution in [0.3, 0.4) is 0 Å². The number of carboxylic acid groups (broad SMARTS) is 1. The zero-order valence-electron chi connectivity index (χ0n) is 26.9. The normalized spacial score (nSPS) is 11.4. The monoisotopic (exact) mass is 552 g/mol. The molecule has 3 nitrogen and oxygen atoms in total. The van der Waals surface area contributed by atoms with Crippen molar-refractivity contribution in [3.05, 3.63) is 0 Å². The molecule has 234 valence electrons. The Morgan fingerprint density at radius 1 is 0.385 bits per heavy atom. The summed E-state index contributed by atoms with van der Waals surface area (Å²) in [6.07, 6.45) is 43.3. The number of unbranched alkanes of at least 4 members (excludes halogenated alkanes) is 29. The number of nitrogens with one attached hydrogen (secondary N) is 1. The van der Waals surface area contributed by atoms with E-state index < -0.39 is 5.97 Å². The Morgan fingerprint density at radius 3 is 0.872 bits per heavy atom. The van der Waals surface area contributed by atoms with Crippen LogP contribution in [-0.2, 0) is 4.79 Å². The fraction of sp³-hybridized carbons (Fsp3) is 0.972. The van der Waals surface area contributed by atoms with E-state index in [0.717, 1.165) is 12.8 Å². The van der Waals surface area contributed by atoms with Gasteiger partial charge >= 0.3 is 5.97 Å². The fourth-order valence-electron chi connectivity index (χ4n) is 5.75. The summed E-state index contributed by atoms with van der Waals surface area (Å²) in [5.74, 6) is -0.650. The Hall–Kier alpha value is -0.570. The van der Waals surface area contributed by atoms with Crippen LogP contribution in [0.2, 0.25) is 0 Å². The van der Waals surface area contributed by atoms with E-state index in [9.17, 15) is 4.79 Å². The first-order chi connectivity index (χ1) is 19.3. The highest BCUT2D eigenvalue weighted by Crippen LogP contribution is 2.15. The third-order valence-corrected chi connectivity index (χ3v) is 8.45. The molecular formula is C36H73NO2. The highest BCUT2D eigenvalue weighted by molar-refractivity contribution is 5.66. The Balaban J connectivity index is 3.02. The van der Waals surface area contributed by atoms with Gasteiger partial charge in [-0.3, -0.25) is 4.79 Å². The molecule has 0 heterocycles. The van der Waals surface area contributed by atoms with Crippen LogP contribution >= 0.6 is 0 Å². The summed E-state index contributed by atoms with van der Waals surface area (Å²) in [6, 6.07) is 0. The predicted molar refractivity (Wildman–Crippen MR) is 174 cm³/mol. The summed E-state index contributed by atoms with van der Waals surface area (Å²) < 4.78 is 0. The molecule has 0 aliphatic heterocycles. The van der Waals surface area contributed by atoms with E-state index in [1.165, 1.54) is 199 Å². The lowest BCUT2D eigenvalue weighted by Gasteiger charge is -2.06. The molecule has 39 heavy (non-hydrogen) atoms. The zero-order chi connectivity index (χ0) is 28.3. The van der Waals surface area contributed by atoms with Gasteiger partial charge in [-0.05, 0) is 32.4 Å². The topological polar surface area (TPSA) is 49.3 Å². The molecule has 0 spiro atoms. The van der Waals surface area contributed by atoms with Gasteiger partial charge < -0.3 is 10.4 Å². The van der Waals surface area contributed by atoms with E-state index in [1.54, 1.807) is 0 Å². The maximum absolute atomic E-state index is 10.5. The second-order valence-corrected chi connectivity index (χ2v) is 12.5. The van der Waals surface area contributed by atoms with E-state index in [1.807, 2.05) is 0 Å². The second kappa shape index (κ2) is 35.5. The van der Waals surface area contributed by atoms with Crippen molar-refractivity contribution in [3.63, 3.8) is 0 Å². The van der Waals surface area contributed by atoms with E-state index in [0.29, 0.717) is 6.42 Å². The van der Waals surface area contributed by atoms with Gasteiger partial charge in [-0.15, -0.1) is 0 Å². The summed E-state index contributed by atoms with van der Waals surface area (Å²) in [5, 5.41) is 12.3. The maximum Gasteiger partial charge on any atom is 0.303 e. The van der Waals surface area contributed by atoms with Gasteiger partial charge in [0.25, 0.3) is 0 Å². The second-order valence-electron chi connectivity index (χ2n) is 12.5. The molecule has 2 N–H and O–H groups in total. The van der Waals surface area contributed by atoms with Crippen molar-refractivity contribution in [2.45, 2.75) is 212 Å². The van der Waals surface area contributed by atoms with Crippen LogP contribution < -0.4 is 5.32 Å². The molecule has 0 fully saturated rings. The average molecular weight is 552 g/mol. The van der Waals surface area contributed by atoms with Crippen LogP contribution in [0.1, 0.15) is 212 Å². The van der Waals surface area contributed by atoms with Crippen molar-refractivity contribution in [1.82, 2.24) is 5.32 Å². The van der Waals surface area contributed by atoms with E-state index in [-0.39, 0.29) is 0 Å². The van der Waals surface area contributed by atoms with Crippen LogP contribution in [0, 0.1) is 0 Å². The SMILES string of the molecule is CCCCCCCCCCCCCCCCCCNCCCCCCCCCCCCCCCCCC(=O)O. The van der Waals surface area contributed by atoms with Gasteiger partial charge in [-0.2, -0.15) is 0 Å². The summed E-state index contributed by atoms with van der Waals surface area (Å²) in [6.45, 7) is 4.75. The molecule has 0 radical (unpaired) electrons. The average Bonchev–Trinajstić information content (AvgIpc) is 2.93. The van der Waals surface area contributed by atoms with Crippen LogP contribution in [0.4, 0.5) is 0 Å². The first kappa shape index (κ1) is 38.4. The van der Waals surface area contributed by atoms with Gasteiger partial charge in [0.15, 0.2) is 0 Å². The van der Waals surface area contributed by atoms with Crippen molar-refractivity contribution >= 4 is 5.97 Å². The number of hydrogen-bond donors (Lipinski definition) is 2. The Labute approximate surface area is 246 Å². The maximum atomic E-state index is 10.5. The fourth-order valence-corrected chi connectivity index (χ4v) is 5.75. The van der Waals surface area contributed by atoms with Crippen molar-refractivity contribution in [2.75, 3.05) is 13.1 Å². The predicted octanol–water partition coefficient (Wildman–Crippen LogP) is 12.2. The highest BCUT2D eigenvalue weighted by Gasteiger charge is 1.98. The van der Waals surface area contributed by atoms with Crippen molar-refractivity contribution < 1.29 is 9.90 Å². The molecule has 0 unspecified atom stereocenters. The lowest BCUT2D eigenvalue weighted by Crippen LogP contribution is -2.16. The standard InChI is InChI=1S/C36H73NO2/c1-2-3-4-5-6-7-8-9-10-13-16-19-22-25-28-31-34-37-35-32-29-26-23-20-17-14-11-12-15-18-21-24-27-30-33-36(38)39/h37H,2-35H2,1H3,(H,38,39). The molecule has 0 aromatic heterocycles. The van der Waals surface area contributed by atoms with Gasteiger partial charge in [0.05, 0.1) is 0 Å². The third-order valence-electron chi connectivity index (χ3n) is 8.45. The number of carboxylic acids is 1. The minimum Gasteiger partial charge on any atom is -0.481 e. The third kappa shape index (κ3) is 37.4. The largest absolute Gasteiger partial charge is 0.481 e. The zero-order valence-corrected chi connectivity index (χ0v) is 26.9. The number of rotatable bonds is 35. The van der Waals surface area contributed by atoms with Crippen molar-refractivity contribution in [1.29, 1.82) is 0 Å². The molecule has 0 saturated carbocycles. The quantitative estimate of drug-likeness (QED) is 0.0770. The van der Waals surface area contributed by atoms with Gasteiger partial charge in [0, 0.05) is 6.42 Å². The molecule has 0 rings (SSSR count). The first-order valence-electron chi connectivity index (χ1n) is 18.2. The molecular weight excluding hydrogens is 478 g/mol. The minimum atomic E-state index is -0.650. The molecule has 0 aliphatic rings. The molecule has 0 aromatic rings. The Bertz CT molecular complexity index is 453. The summed E-state index contributed by atoms with van der Waals surface area (Å²) in [4.78, 5) is 10.5. The van der Waals surface area contributed by atoms with Crippen LogP contribution in [0.15, 0.2) is 0 Å². The molecule has 0 bridgehead atoms. The molecule has 0 saturated heterocycles. The highest BCUT2D eigenvalue weighted by atomic mass is 16.4. The van der Waals surface area contributed by atoms with Crippen LogP contribution in [-0.4, -0.2) is 24.2 Å².